The van der Waals surface area contributed by atoms with Crippen molar-refractivity contribution in [3.8, 4) is 5.75 Å². The Bertz CT molecular complexity index is 1480. The van der Waals surface area contributed by atoms with E-state index in [4.69, 9.17) is 16.3 Å². The van der Waals surface area contributed by atoms with Crippen molar-refractivity contribution >= 4 is 39.1 Å². The number of aryl methyl sites for hydroxylation is 1. The lowest BCUT2D eigenvalue weighted by molar-refractivity contribution is -0.139. The van der Waals surface area contributed by atoms with Gasteiger partial charge in [0.15, 0.2) is 0 Å². The molecule has 4 rings (SSSR count). The van der Waals surface area contributed by atoms with Crippen molar-refractivity contribution in [3.63, 3.8) is 0 Å². The summed E-state index contributed by atoms with van der Waals surface area (Å²) in [5, 5.41) is 3.39. The molecule has 3 aromatic carbocycles. The highest BCUT2D eigenvalue weighted by atomic mass is 35.5. The van der Waals surface area contributed by atoms with Crippen LogP contribution >= 0.6 is 11.6 Å². The van der Waals surface area contributed by atoms with Crippen molar-refractivity contribution in [1.29, 1.82) is 0 Å². The number of sulfonamides is 1. The number of methoxy groups -OCH3 is 1. The van der Waals surface area contributed by atoms with Crippen molar-refractivity contribution in [1.82, 2.24) is 10.2 Å². The lowest BCUT2D eigenvalue weighted by Gasteiger charge is -2.33. The van der Waals surface area contributed by atoms with Crippen LogP contribution in [0, 0.1) is 6.92 Å². The molecule has 1 aliphatic carbocycles. The molecule has 1 saturated carbocycles. The van der Waals surface area contributed by atoms with E-state index in [1.54, 1.807) is 37.3 Å². The molecule has 0 aliphatic heterocycles. The molecule has 1 atom stereocenters. The van der Waals surface area contributed by atoms with E-state index < -0.39 is 28.5 Å². The Kier molecular flexibility index (Phi) is 10.5. The van der Waals surface area contributed by atoms with Crippen LogP contribution in [0.1, 0.15) is 50.2 Å². The molecular formula is C32H38ClN3O5S. The van der Waals surface area contributed by atoms with E-state index in [-0.39, 0.29) is 39.8 Å². The molecule has 8 nitrogen and oxygen atoms in total. The van der Waals surface area contributed by atoms with Gasteiger partial charge in [0.05, 0.1) is 17.7 Å². The summed E-state index contributed by atoms with van der Waals surface area (Å²) in [6.07, 6.45) is 5.07. The third-order valence-corrected chi connectivity index (χ3v) is 9.62. The van der Waals surface area contributed by atoms with Gasteiger partial charge in [-0.2, -0.15) is 0 Å². The second-order valence-electron chi connectivity index (χ2n) is 10.7. The third kappa shape index (κ3) is 7.63. The molecule has 1 aliphatic rings. The largest absolute Gasteiger partial charge is 0.495 e. The van der Waals surface area contributed by atoms with Crippen molar-refractivity contribution in [2.45, 2.75) is 69.5 Å². The molecule has 2 amide bonds. The van der Waals surface area contributed by atoms with Gasteiger partial charge in [0, 0.05) is 17.6 Å². The average Bonchev–Trinajstić information content (AvgIpc) is 3.00. The van der Waals surface area contributed by atoms with Crippen LogP contribution in [0.15, 0.2) is 77.7 Å². The van der Waals surface area contributed by atoms with Crippen LogP contribution in [-0.4, -0.2) is 50.9 Å². The van der Waals surface area contributed by atoms with Gasteiger partial charge in [-0.1, -0.05) is 78.9 Å². The van der Waals surface area contributed by atoms with E-state index in [1.165, 1.54) is 30.2 Å². The number of carbonyl (C=O) groups excluding carboxylic acids is 2. The molecule has 0 bridgehead atoms. The van der Waals surface area contributed by atoms with Gasteiger partial charge in [0.2, 0.25) is 11.8 Å². The summed E-state index contributed by atoms with van der Waals surface area (Å²) in [5.74, 6) is -0.566. The summed E-state index contributed by atoms with van der Waals surface area (Å²) in [7, 11) is -2.81. The topological polar surface area (TPSA) is 96.0 Å². The zero-order valence-corrected chi connectivity index (χ0v) is 25.8. The van der Waals surface area contributed by atoms with E-state index in [2.05, 4.69) is 5.32 Å². The van der Waals surface area contributed by atoms with Gasteiger partial charge >= 0.3 is 0 Å². The number of ether oxygens (including phenoxy) is 1. The van der Waals surface area contributed by atoms with E-state index in [0.29, 0.717) is 0 Å². The smallest absolute Gasteiger partial charge is 0.264 e. The molecule has 0 saturated heterocycles. The van der Waals surface area contributed by atoms with Crippen LogP contribution in [0.3, 0.4) is 0 Å². The van der Waals surface area contributed by atoms with Gasteiger partial charge in [0.25, 0.3) is 10.0 Å². The van der Waals surface area contributed by atoms with Gasteiger partial charge in [-0.3, -0.25) is 13.9 Å². The number of amides is 2. The molecule has 0 heterocycles. The lowest BCUT2D eigenvalue weighted by Crippen LogP contribution is -2.53. The number of hydrogen-bond acceptors (Lipinski definition) is 5. The number of benzene rings is 3. The molecule has 10 heteroatoms. The Morgan fingerprint density at radius 2 is 1.67 bits per heavy atom. The van der Waals surface area contributed by atoms with E-state index >= 15 is 0 Å². The summed E-state index contributed by atoms with van der Waals surface area (Å²) >= 11 is 6.29. The van der Waals surface area contributed by atoms with Crippen molar-refractivity contribution < 1.29 is 22.7 Å². The van der Waals surface area contributed by atoms with Crippen LogP contribution in [0.2, 0.25) is 5.02 Å². The van der Waals surface area contributed by atoms with Gasteiger partial charge in [-0.25, -0.2) is 8.42 Å². The molecule has 0 spiro atoms. The second kappa shape index (κ2) is 14.1. The predicted molar refractivity (Wildman–Crippen MR) is 165 cm³/mol. The summed E-state index contributed by atoms with van der Waals surface area (Å²) in [4.78, 5) is 29.1. The fraction of sp³-hybridized carbons (Fsp3) is 0.375. The Balaban J connectivity index is 1.71. The molecule has 1 fully saturated rings. The fourth-order valence-electron chi connectivity index (χ4n) is 5.13. The molecule has 1 N–H and O–H groups in total. The highest BCUT2D eigenvalue weighted by molar-refractivity contribution is 7.92. The number of nitrogens with one attached hydrogen (secondary N) is 1. The number of nitrogens with zero attached hydrogens (tertiary/aromatic N) is 2. The number of hydrogen-bond donors (Lipinski definition) is 1. The standard InChI is InChI=1S/C32H38ClN3O5S/c1-23-14-16-25(17-15-23)21-35(24(2)32(38)34-27-10-6-4-7-11-27)31(37)22-36(29-20-26(33)18-19-30(29)41-3)42(39,40)28-12-8-5-9-13-28/h5,8-9,12-20,24,27H,4,6-7,10-11,21-22H2,1-3H3,(H,34,38). The maximum atomic E-state index is 14.2. The highest BCUT2D eigenvalue weighted by Crippen LogP contribution is 2.35. The Morgan fingerprint density at radius 3 is 2.31 bits per heavy atom. The summed E-state index contributed by atoms with van der Waals surface area (Å²) < 4.78 is 34.5. The summed E-state index contributed by atoms with van der Waals surface area (Å²) in [6.45, 7) is 3.21. The van der Waals surface area contributed by atoms with Gasteiger partial charge in [-0.05, 0) is 62.6 Å². The van der Waals surface area contributed by atoms with Gasteiger partial charge in [-0.15, -0.1) is 0 Å². The molecule has 3 aromatic rings. The van der Waals surface area contributed by atoms with Crippen molar-refractivity contribution in [2.24, 2.45) is 0 Å². The number of carbonyl (C=O) groups is 2. The average molecular weight is 612 g/mol. The van der Waals surface area contributed by atoms with Crippen LogP contribution < -0.4 is 14.4 Å². The SMILES string of the molecule is COc1ccc(Cl)cc1N(CC(=O)N(Cc1ccc(C)cc1)C(C)C(=O)NC1CCCCC1)S(=O)(=O)c1ccccc1. The highest BCUT2D eigenvalue weighted by Gasteiger charge is 2.34. The lowest BCUT2D eigenvalue weighted by atomic mass is 9.95. The normalized spacial score (nSPS) is 14.6. The molecule has 224 valence electrons. The van der Waals surface area contributed by atoms with Gasteiger partial charge in [0.1, 0.15) is 18.3 Å². The summed E-state index contributed by atoms with van der Waals surface area (Å²) in [6, 6.07) is 19.4. The van der Waals surface area contributed by atoms with Crippen LogP contribution in [-0.2, 0) is 26.2 Å². The monoisotopic (exact) mass is 611 g/mol. The fourth-order valence-corrected chi connectivity index (χ4v) is 6.74. The minimum atomic E-state index is -4.23. The number of anilines is 1. The van der Waals surface area contributed by atoms with Crippen molar-refractivity contribution in [2.75, 3.05) is 18.0 Å². The Hall–Kier alpha value is -3.56. The van der Waals surface area contributed by atoms with E-state index in [0.717, 1.165) is 47.5 Å². The Labute approximate surface area is 253 Å². The third-order valence-electron chi connectivity index (χ3n) is 7.61. The second-order valence-corrected chi connectivity index (χ2v) is 13.0. The predicted octanol–water partition coefficient (Wildman–Crippen LogP) is 5.72. The molecule has 0 aromatic heterocycles. The zero-order chi connectivity index (χ0) is 30.3. The molecule has 42 heavy (non-hydrogen) atoms. The molecule has 1 unspecified atom stereocenters. The quantitative estimate of drug-likeness (QED) is 0.299. The number of halogens is 1. The maximum Gasteiger partial charge on any atom is 0.264 e. The first kappa shape index (κ1) is 31.4. The van der Waals surface area contributed by atoms with E-state index in [1.807, 2.05) is 31.2 Å². The summed E-state index contributed by atoms with van der Waals surface area (Å²) in [5.41, 5.74) is 2.01. The van der Waals surface area contributed by atoms with Crippen molar-refractivity contribution in [3.05, 3.63) is 88.9 Å². The van der Waals surface area contributed by atoms with Crippen LogP contribution in [0.5, 0.6) is 5.75 Å². The number of rotatable bonds is 11. The minimum Gasteiger partial charge on any atom is -0.495 e. The molecule has 0 radical (unpaired) electrons. The minimum absolute atomic E-state index is 0.00741. The first-order valence-corrected chi connectivity index (χ1v) is 16.0. The first-order chi connectivity index (χ1) is 20.1. The first-order valence-electron chi connectivity index (χ1n) is 14.2. The zero-order valence-electron chi connectivity index (χ0n) is 24.3. The Morgan fingerprint density at radius 1 is 1.00 bits per heavy atom. The maximum absolute atomic E-state index is 14.2. The molecular weight excluding hydrogens is 574 g/mol. The van der Waals surface area contributed by atoms with Crippen LogP contribution in [0.4, 0.5) is 5.69 Å². The van der Waals surface area contributed by atoms with Gasteiger partial charge < -0.3 is 15.0 Å². The van der Waals surface area contributed by atoms with Crippen LogP contribution in [0.25, 0.3) is 0 Å². The van der Waals surface area contributed by atoms with E-state index in [9.17, 15) is 18.0 Å².